The summed E-state index contributed by atoms with van der Waals surface area (Å²) in [5, 5.41) is 17.1. The first-order chi connectivity index (χ1) is 15.1. The van der Waals surface area contributed by atoms with E-state index in [2.05, 4.69) is 37.9 Å². The fourth-order valence-electron chi connectivity index (χ4n) is 4.23. The lowest BCUT2D eigenvalue weighted by atomic mass is 10.1. The standard InChI is InChI=1S/C23H31N7O/c1-30-10-8-18(9-11-30)25-15-17(13-24)16-12-21-20(26-14-16)6-7-22(28-21)29-23(31)27-19-4-2-3-5-19/h6-7,12-15,18-19,24-25H,2-5,8-11H2,1H3,(H2,27,28,29,31)/b17-15+,24-13?. The summed E-state index contributed by atoms with van der Waals surface area (Å²) in [4.78, 5) is 23.6. The SMILES string of the molecule is CN1CCC(N/C=C(\C=N)c2cnc3ccc(NC(=O)NC4CCCC4)nc3c2)CC1. The van der Waals surface area contributed by atoms with Crippen molar-refractivity contribution in [1.82, 2.24) is 25.5 Å². The number of allylic oxidation sites excluding steroid dienone is 1. The van der Waals surface area contributed by atoms with Gasteiger partial charge in [-0.05, 0) is 64.0 Å². The van der Waals surface area contributed by atoms with Gasteiger partial charge < -0.3 is 20.9 Å². The number of anilines is 1. The fraction of sp³-hybridized carbons (Fsp3) is 0.478. The molecule has 1 aliphatic heterocycles. The summed E-state index contributed by atoms with van der Waals surface area (Å²) >= 11 is 0. The van der Waals surface area contributed by atoms with Crippen molar-refractivity contribution in [2.24, 2.45) is 0 Å². The van der Waals surface area contributed by atoms with Gasteiger partial charge in [-0.2, -0.15) is 0 Å². The van der Waals surface area contributed by atoms with Gasteiger partial charge in [0.05, 0.1) is 11.0 Å². The van der Waals surface area contributed by atoms with Gasteiger partial charge in [0, 0.05) is 41.8 Å². The highest BCUT2D eigenvalue weighted by Crippen LogP contribution is 2.20. The molecule has 0 unspecified atom stereocenters. The maximum atomic E-state index is 12.3. The largest absolute Gasteiger partial charge is 0.388 e. The molecule has 1 aliphatic carbocycles. The molecule has 4 N–H and O–H groups in total. The molecule has 0 spiro atoms. The van der Waals surface area contributed by atoms with Crippen molar-refractivity contribution >= 4 is 34.7 Å². The molecule has 1 saturated heterocycles. The third-order valence-corrected chi connectivity index (χ3v) is 6.15. The van der Waals surface area contributed by atoms with Crippen LogP contribution >= 0.6 is 0 Å². The Hall–Kier alpha value is -3.00. The molecule has 0 bridgehead atoms. The van der Waals surface area contributed by atoms with Crippen LogP contribution in [0.15, 0.2) is 30.6 Å². The van der Waals surface area contributed by atoms with Gasteiger partial charge in [0.15, 0.2) is 0 Å². The predicted molar refractivity (Wildman–Crippen MR) is 124 cm³/mol. The Morgan fingerprint density at radius 2 is 1.90 bits per heavy atom. The van der Waals surface area contributed by atoms with Crippen molar-refractivity contribution in [3.63, 3.8) is 0 Å². The molecule has 2 fully saturated rings. The Morgan fingerprint density at radius 1 is 1.13 bits per heavy atom. The summed E-state index contributed by atoms with van der Waals surface area (Å²) in [5.41, 5.74) is 3.01. The van der Waals surface area contributed by atoms with Crippen LogP contribution in [0.3, 0.4) is 0 Å². The molecule has 4 rings (SSSR count). The molecule has 2 aromatic rings. The highest BCUT2D eigenvalue weighted by molar-refractivity contribution is 6.08. The van der Waals surface area contributed by atoms with Crippen molar-refractivity contribution in [2.45, 2.75) is 50.6 Å². The number of piperidine rings is 1. The van der Waals surface area contributed by atoms with Crippen LogP contribution < -0.4 is 16.0 Å². The lowest BCUT2D eigenvalue weighted by molar-refractivity contribution is 0.244. The number of carbonyl (C=O) groups is 1. The molecule has 2 aromatic heterocycles. The molecule has 164 valence electrons. The zero-order valence-corrected chi connectivity index (χ0v) is 18.0. The molecule has 0 aromatic carbocycles. The van der Waals surface area contributed by atoms with Crippen LogP contribution in [0.25, 0.3) is 16.6 Å². The van der Waals surface area contributed by atoms with E-state index in [0.29, 0.717) is 17.4 Å². The van der Waals surface area contributed by atoms with E-state index in [0.717, 1.165) is 55.4 Å². The van der Waals surface area contributed by atoms with Crippen molar-refractivity contribution in [3.05, 3.63) is 36.2 Å². The second-order valence-electron chi connectivity index (χ2n) is 8.53. The normalized spacial score (nSPS) is 18.8. The Labute approximate surface area is 183 Å². The lowest BCUT2D eigenvalue weighted by Crippen LogP contribution is -2.38. The molecule has 1 saturated carbocycles. The molecule has 31 heavy (non-hydrogen) atoms. The Balaban J connectivity index is 1.45. The fourth-order valence-corrected chi connectivity index (χ4v) is 4.23. The zero-order chi connectivity index (χ0) is 21.6. The Kier molecular flexibility index (Phi) is 6.76. The number of aromatic nitrogens is 2. The maximum Gasteiger partial charge on any atom is 0.320 e. The van der Waals surface area contributed by atoms with E-state index in [1.165, 1.54) is 19.1 Å². The average molecular weight is 422 g/mol. The van der Waals surface area contributed by atoms with Crippen LogP contribution in [0.4, 0.5) is 10.6 Å². The number of nitrogens with one attached hydrogen (secondary N) is 4. The van der Waals surface area contributed by atoms with E-state index in [-0.39, 0.29) is 12.1 Å². The quantitative estimate of drug-likeness (QED) is 0.535. The van der Waals surface area contributed by atoms with E-state index in [4.69, 9.17) is 5.41 Å². The number of nitrogens with zero attached hydrogens (tertiary/aromatic N) is 3. The van der Waals surface area contributed by atoms with Crippen LogP contribution in [-0.4, -0.2) is 59.3 Å². The molecule has 2 aliphatic rings. The summed E-state index contributed by atoms with van der Waals surface area (Å²) in [6.45, 7) is 2.16. The van der Waals surface area contributed by atoms with Gasteiger partial charge in [-0.1, -0.05) is 12.8 Å². The van der Waals surface area contributed by atoms with E-state index < -0.39 is 0 Å². The third kappa shape index (κ3) is 5.58. The van der Waals surface area contributed by atoms with Gasteiger partial charge in [0.25, 0.3) is 0 Å². The van der Waals surface area contributed by atoms with Crippen molar-refractivity contribution in [3.8, 4) is 0 Å². The third-order valence-electron chi connectivity index (χ3n) is 6.15. The predicted octanol–water partition coefficient (Wildman–Crippen LogP) is 3.37. The van der Waals surface area contributed by atoms with Gasteiger partial charge >= 0.3 is 6.03 Å². The number of hydrogen-bond donors (Lipinski definition) is 4. The van der Waals surface area contributed by atoms with Crippen LogP contribution in [0, 0.1) is 5.41 Å². The van der Waals surface area contributed by atoms with Gasteiger partial charge in [0.2, 0.25) is 0 Å². The van der Waals surface area contributed by atoms with Crippen LogP contribution in [0.1, 0.15) is 44.1 Å². The van der Waals surface area contributed by atoms with E-state index in [1.807, 2.05) is 18.3 Å². The number of likely N-dealkylation sites (tertiary alicyclic amines) is 1. The molecular weight excluding hydrogens is 390 g/mol. The zero-order valence-electron chi connectivity index (χ0n) is 18.0. The topological polar surface area (TPSA) is 106 Å². The van der Waals surface area contributed by atoms with Crippen molar-refractivity contribution < 1.29 is 4.79 Å². The number of hydrogen-bond acceptors (Lipinski definition) is 6. The number of fused-ring (bicyclic) bond motifs is 1. The highest BCUT2D eigenvalue weighted by Gasteiger charge is 2.17. The number of carbonyl (C=O) groups excluding carboxylic acids is 1. The summed E-state index contributed by atoms with van der Waals surface area (Å²) in [5.74, 6) is 0.492. The minimum Gasteiger partial charge on any atom is -0.388 e. The van der Waals surface area contributed by atoms with Crippen LogP contribution in [0.2, 0.25) is 0 Å². The van der Waals surface area contributed by atoms with E-state index >= 15 is 0 Å². The van der Waals surface area contributed by atoms with E-state index in [9.17, 15) is 4.79 Å². The summed E-state index contributed by atoms with van der Waals surface area (Å²) in [6, 6.07) is 5.98. The number of pyridine rings is 2. The van der Waals surface area contributed by atoms with Crippen molar-refractivity contribution in [1.29, 1.82) is 5.41 Å². The Morgan fingerprint density at radius 3 is 2.65 bits per heavy atom. The van der Waals surface area contributed by atoms with Crippen LogP contribution in [-0.2, 0) is 0 Å². The van der Waals surface area contributed by atoms with Gasteiger partial charge in [-0.15, -0.1) is 0 Å². The van der Waals surface area contributed by atoms with Gasteiger partial charge in [-0.3, -0.25) is 10.3 Å². The minimum absolute atomic E-state index is 0.217. The van der Waals surface area contributed by atoms with Crippen LogP contribution in [0.5, 0.6) is 0 Å². The Bertz CT molecular complexity index is 960. The lowest BCUT2D eigenvalue weighted by Gasteiger charge is -2.29. The first-order valence-corrected chi connectivity index (χ1v) is 11.1. The second-order valence-corrected chi connectivity index (χ2v) is 8.53. The van der Waals surface area contributed by atoms with E-state index in [1.54, 1.807) is 12.3 Å². The number of rotatable bonds is 6. The first-order valence-electron chi connectivity index (χ1n) is 11.1. The summed E-state index contributed by atoms with van der Waals surface area (Å²) in [6.07, 6.45) is 11.6. The smallest absolute Gasteiger partial charge is 0.320 e. The molecule has 8 heteroatoms. The molecule has 2 amide bonds. The monoisotopic (exact) mass is 421 g/mol. The molecule has 0 atom stereocenters. The maximum absolute atomic E-state index is 12.3. The average Bonchev–Trinajstić information content (AvgIpc) is 3.28. The first kappa shape index (κ1) is 21.2. The van der Waals surface area contributed by atoms with Gasteiger partial charge in [-0.25, -0.2) is 9.78 Å². The van der Waals surface area contributed by atoms with Gasteiger partial charge in [0.1, 0.15) is 5.82 Å². The number of amides is 2. The summed E-state index contributed by atoms with van der Waals surface area (Å²) < 4.78 is 0. The second kappa shape index (κ2) is 9.87. The highest BCUT2D eigenvalue weighted by atomic mass is 16.2. The molecule has 3 heterocycles. The molecule has 8 nitrogen and oxygen atoms in total. The minimum atomic E-state index is -0.217. The summed E-state index contributed by atoms with van der Waals surface area (Å²) in [7, 11) is 2.14. The molecular formula is C23H31N7O. The number of urea groups is 1. The molecule has 0 radical (unpaired) electrons. The van der Waals surface area contributed by atoms with Crippen molar-refractivity contribution in [2.75, 3.05) is 25.5 Å².